The quantitative estimate of drug-likeness (QED) is 0.491. The van der Waals surface area contributed by atoms with Crippen LogP contribution >= 0.6 is 0 Å². The van der Waals surface area contributed by atoms with E-state index in [2.05, 4.69) is 0 Å². The molecule has 0 fully saturated rings. The van der Waals surface area contributed by atoms with Crippen LogP contribution in [0.5, 0.6) is 0 Å². The van der Waals surface area contributed by atoms with E-state index in [1.165, 1.54) is 0 Å². The fourth-order valence-electron chi connectivity index (χ4n) is 0.201. The third-order valence-electron chi connectivity index (χ3n) is 0.416. The van der Waals surface area contributed by atoms with Gasteiger partial charge in [0.1, 0.15) is 0 Å². The van der Waals surface area contributed by atoms with Gasteiger partial charge in [0.15, 0.2) is 0 Å². The van der Waals surface area contributed by atoms with E-state index in [1.54, 1.807) is 6.92 Å². The second-order valence-corrected chi connectivity index (χ2v) is 2.57. The van der Waals surface area contributed by atoms with Crippen molar-refractivity contribution in [2.75, 3.05) is 6.61 Å². The van der Waals surface area contributed by atoms with Crippen molar-refractivity contribution in [2.45, 2.75) is 13.8 Å². The molecule has 0 aromatic rings. The Hall–Kier alpha value is 0.162. The fourth-order valence-corrected chi connectivity index (χ4v) is 0.602. The molecule has 7 heavy (non-hydrogen) atoms. The molecule has 0 aliphatic carbocycles. The fraction of sp³-hybridized carbons (Fsp3) is 0.750. The molecule has 0 spiro atoms. The standard InChI is InChI=1S/C2H5O.C2H3O.Al/c2*1-2-3;/h2H2,1H3;1H3;/q-1;;+2. The van der Waals surface area contributed by atoms with Gasteiger partial charge in [0.2, 0.25) is 0 Å². The third kappa shape index (κ3) is 6.16. The van der Waals surface area contributed by atoms with Crippen LogP contribution in [0.15, 0.2) is 0 Å². The molecule has 0 N–H and O–H groups in total. The van der Waals surface area contributed by atoms with E-state index in [-0.39, 0.29) is 20.2 Å². The molecule has 0 atom stereocenters. The molecule has 0 aliphatic heterocycles. The summed E-state index contributed by atoms with van der Waals surface area (Å²) < 4.78 is 5.00. The van der Waals surface area contributed by atoms with Gasteiger partial charge in [-0.1, -0.05) is 0 Å². The average molecular weight is 115 g/mol. The van der Waals surface area contributed by atoms with Crippen molar-refractivity contribution >= 4 is 20.2 Å². The molecule has 0 radical (unpaired) electrons. The van der Waals surface area contributed by atoms with Crippen LogP contribution in [0.25, 0.3) is 0 Å². The average Bonchev–Trinajstić information content (AvgIpc) is 1.61. The van der Waals surface area contributed by atoms with Crippen LogP contribution < -0.4 is 0 Å². The molecule has 0 aromatic carbocycles. The van der Waals surface area contributed by atoms with E-state index in [1.807, 2.05) is 6.92 Å². The molecule has 0 bridgehead atoms. The summed E-state index contributed by atoms with van der Waals surface area (Å²) >= 11 is -0.372. The summed E-state index contributed by atoms with van der Waals surface area (Å²) in [6.45, 7) is 4.09. The Morgan fingerprint density at radius 3 is 2.57 bits per heavy atom. The molecule has 3 heteroatoms. The number of hydrogen-bond acceptors (Lipinski definition) is 2. The summed E-state index contributed by atoms with van der Waals surface area (Å²) in [4.78, 5) is 10.1. The molecule has 0 unspecified atom stereocenters. The Bertz CT molecular complexity index is 62.7. The summed E-state index contributed by atoms with van der Waals surface area (Å²) in [6, 6.07) is 0. The zero-order chi connectivity index (χ0) is 5.70. The normalized spacial score (nSPS) is 7.71. The Morgan fingerprint density at radius 1 is 1.86 bits per heavy atom. The predicted octanol–water partition coefficient (Wildman–Crippen LogP) is 0.189. The van der Waals surface area contributed by atoms with E-state index in [9.17, 15) is 4.79 Å². The molecule has 0 saturated carbocycles. The second-order valence-electron chi connectivity index (χ2n) is 1.18. The van der Waals surface area contributed by atoms with E-state index in [0.717, 1.165) is 0 Å². The van der Waals surface area contributed by atoms with Crippen LogP contribution in [0.1, 0.15) is 13.8 Å². The zero-order valence-electron chi connectivity index (χ0n) is 4.60. The number of rotatable bonds is 3. The van der Waals surface area contributed by atoms with Gasteiger partial charge in [-0.25, -0.2) is 0 Å². The SMILES string of the molecule is CC[O][Al+][C](C)=O. The molecule has 0 saturated heterocycles. The topological polar surface area (TPSA) is 26.3 Å². The maximum absolute atomic E-state index is 10.1. The van der Waals surface area contributed by atoms with Gasteiger partial charge in [0.05, 0.1) is 0 Å². The molecule has 0 aliphatic rings. The van der Waals surface area contributed by atoms with Gasteiger partial charge < -0.3 is 0 Å². The van der Waals surface area contributed by atoms with Crippen LogP contribution in [0.2, 0.25) is 0 Å². The zero-order valence-corrected chi connectivity index (χ0v) is 5.76. The van der Waals surface area contributed by atoms with E-state index in [0.29, 0.717) is 6.61 Å². The number of carbonyl (C=O) groups is 1. The van der Waals surface area contributed by atoms with Gasteiger partial charge >= 0.3 is 49.2 Å². The maximum atomic E-state index is 10.1. The third-order valence-corrected chi connectivity index (χ3v) is 1.25. The van der Waals surface area contributed by atoms with Crippen molar-refractivity contribution in [2.24, 2.45) is 0 Å². The van der Waals surface area contributed by atoms with Gasteiger partial charge in [0.25, 0.3) is 0 Å². The Balaban J connectivity index is 2.82. The summed E-state index contributed by atoms with van der Waals surface area (Å²) in [5.41, 5.74) is 0. The number of hydrogen-bond donors (Lipinski definition) is 0. The first kappa shape index (κ1) is 7.16. The van der Waals surface area contributed by atoms with Crippen molar-refractivity contribution in [3.05, 3.63) is 0 Å². The molecule has 0 amide bonds. The molecule has 2 nitrogen and oxygen atoms in total. The van der Waals surface area contributed by atoms with Gasteiger partial charge in [0, 0.05) is 0 Å². The number of carbonyl (C=O) groups excluding carboxylic acids is 1. The van der Waals surface area contributed by atoms with Crippen molar-refractivity contribution in [3.63, 3.8) is 0 Å². The summed E-state index contributed by atoms with van der Waals surface area (Å²) in [7, 11) is 0. The predicted molar refractivity (Wildman–Crippen MR) is 28.1 cm³/mol. The van der Waals surface area contributed by atoms with E-state index >= 15 is 0 Å². The summed E-state index contributed by atoms with van der Waals surface area (Å²) in [5.74, 6) is 0. The minimum absolute atomic E-state index is 0.168. The van der Waals surface area contributed by atoms with Crippen LogP contribution in [0, 0.1) is 0 Å². The van der Waals surface area contributed by atoms with Crippen LogP contribution in [-0.4, -0.2) is 26.8 Å². The van der Waals surface area contributed by atoms with Crippen molar-refractivity contribution < 1.29 is 8.58 Å². The van der Waals surface area contributed by atoms with Crippen molar-refractivity contribution in [1.29, 1.82) is 0 Å². The molecule has 0 heterocycles. The minimum atomic E-state index is -0.372. The summed E-state index contributed by atoms with van der Waals surface area (Å²) in [6.07, 6.45) is 0. The van der Waals surface area contributed by atoms with Gasteiger partial charge in [-0.3, -0.25) is 0 Å². The van der Waals surface area contributed by atoms with Gasteiger partial charge in [-0.2, -0.15) is 0 Å². The Kier molecular flexibility index (Phi) is 4.43. The molecule has 0 rings (SSSR count). The van der Waals surface area contributed by atoms with E-state index < -0.39 is 0 Å². The molecular formula is C4H8AlO2+. The van der Waals surface area contributed by atoms with Crippen molar-refractivity contribution in [3.8, 4) is 0 Å². The molecule has 38 valence electrons. The van der Waals surface area contributed by atoms with Gasteiger partial charge in [-0.15, -0.1) is 0 Å². The molecule has 0 aromatic heterocycles. The Morgan fingerprint density at radius 2 is 2.43 bits per heavy atom. The van der Waals surface area contributed by atoms with Crippen molar-refractivity contribution in [1.82, 2.24) is 0 Å². The van der Waals surface area contributed by atoms with Gasteiger partial charge in [-0.05, 0) is 0 Å². The first-order valence-corrected chi connectivity index (χ1v) is 3.27. The van der Waals surface area contributed by atoms with E-state index in [4.69, 9.17) is 3.79 Å². The van der Waals surface area contributed by atoms with Crippen LogP contribution in [0.3, 0.4) is 0 Å². The van der Waals surface area contributed by atoms with Crippen LogP contribution in [0.4, 0.5) is 0 Å². The first-order valence-electron chi connectivity index (χ1n) is 2.22. The second kappa shape index (κ2) is 4.32. The van der Waals surface area contributed by atoms with Crippen LogP contribution in [-0.2, 0) is 8.58 Å². The monoisotopic (exact) mass is 115 g/mol. The first-order chi connectivity index (χ1) is 3.27. The summed E-state index contributed by atoms with van der Waals surface area (Å²) in [5, 5.41) is 0. The Labute approximate surface area is 49.9 Å². The molecular weight excluding hydrogens is 107 g/mol.